The molecule has 2 aromatic carbocycles. The molecule has 0 saturated carbocycles. The van der Waals surface area contributed by atoms with E-state index in [-0.39, 0.29) is 5.91 Å². The molecule has 2 heterocycles. The summed E-state index contributed by atoms with van der Waals surface area (Å²) in [4.78, 5) is 21.6. The average molecular weight is 333 g/mol. The average Bonchev–Trinajstić information content (AvgIpc) is 2.96. The molecule has 0 aliphatic carbocycles. The fourth-order valence-corrected chi connectivity index (χ4v) is 3.12. The molecule has 126 valence electrons. The molecular formula is C19H19N5O. The second kappa shape index (κ2) is 6.49. The molecule has 0 aliphatic heterocycles. The van der Waals surface area contributed by atoms with E-state index in [2.05, 4.69) is 9.88 Å². The highest BCUT2D eigenvalue weighted by atomic mass is 16.1. The lowest BCUT2D eigenvalue weighted by Gasteiger charge is -2.07. The van der Waals surface area contributed by atoms with Crippen LogP contribution in [0.1, 0.15) is 6.42 Å². The number of hydrogen-bond donors (Lipinski definition) is 2. The third-order valence-corrected chi connectivity index (χ3v) is 4.29. The van der Waals surface area contributed by atoms with E-state index in [1.165, 1.54) is 0 Å². The second-order valence-electron chi connectivity index (χ2n) is 5.94. The number of aryl methyl sites for hydroxylation is 1. The molecule has 4 rings (SSSR count). The van der Waals surface area contributed by atoms with E-state index in [1.54, 1.807) is 0 Å². The van der Waals surface area contributed by atoms with Gasteiger partial charge in [-0.05, 0) is 18.2 Å². The van der Waals surface area contributed by atoms with Crippen molar-refractivity contribution in [2.75, 3.05) is 13.1 Å². The van der Waals surface area contributed by atoms with E-state index in [0.717, 1.165) is 33.1 Å². The van der Waals surface area contributed by atoms with Crippen molar-refractivity contribution in [1.82, 2.24) is 19.9 Å². The Labute approximate surface area is 144 Å². The highest BCUT2D eigenvalue weighted by Crippen LogP contribution is 2.28. The molecule has 0 radical (unpaired) electrons. The Balaban J connectivity index is 1.83. The van der Waals surface area contributed by atoms with Crippen LogP contribution >= 0.6 is 0 Å². The van der Waals surface area contributed by atoms with Crippen LogP contribution in [0.25, 0.3) is 33.1 Å². The maximum absolute atomic E-state index is 12.0. The molecule has 2 aromatic heterocycles. The number of para-hydroxylation sites is 3. The first-order chi connectivity index (χ1) is 12.3. The number of fused-ring (bicyclic) bond motifs is 4. The highest BCUT2D eigenvalue weighted by molar-refractivity contribution is 6.06. The molecule has 0 fully saturated rings. The van der Waals surface area contributed by atoms with Crippen LogP contribution in [0, 0.1) is 0 Å². The first-order valence-corrected chi connectivity index (χ1v) is 8.38. The van der Waals surface area contributed by atoms with E-state index in [4.69, 9.17) is 15.7 Å². The Hall–Kier alpha value is -2.99. The van der Waals surface area contributed by atoms with Gasteiger partial charge in [-0.1, -0.05) is 30.3 Å². The molecule has 4 aromatic rings. The minimum absolute atomic E-state index is 0.00914. The van der Waals surface area contributed by atoms with Crippen LogP contribution in [0.3, 0.4) is 0 Å². The molecule has 0 atom stereocenters. The number of amides is 1. The summed E-state index contributed by atoms with van der Waals surface area (Å²) in [5.74, 6) is -0.00914. The topological polar surface area (TPSA) is 85.8 Å². The number of carbonyl (C=O) groups is 1. The zero-order chi connectivity index (χ0) is 17.2. The molecular weight excluding hydrogens is 314 g/mol. The van der Waals surface area contributed by atoms with Crippen LogP contribution in [-0.4, -0.2) is 33.5 Å². The summed E-state index contributed by atoms with van der Waals surface area (Å²) in [6.07, 6.45) is 0.377. The summed E-state index contributed by atoms with van der Waals surface area (Å²) in [7, 11) is 0. The number of hydrogen-bond acceptors (Lipinski definition) is 4. The molecule has 3 N–H and O–H groups in total. The van der Waals surface area contributed by atoms with Crippen molar-refractivity contribution in [2.45, 2.75) is 13.0 Å². The van der Waals surface area contributed by atoms with Gasteiger partial charge < -0.3 is 15.6 Å². The quantitative estimate of drug-likeness (QED) is 0.586. The van der Waals surface area contributed by atoms with Crippen LogP contribution < -0.4 is 11.1 Å². The Kier molecular flexibility index (Phi) is 4.03. The van der Waals surface area contributed by atoms with Gasteiger partial charge in [0.25, 0.3) is 0 Å². The number of nitrogens with two attached hydrogens (primary N) is 1. The third kappa shape index (κ3) is 2.81. The molecule has 0 spiro atoms. The van der Waals surface area contributed by atoms with Crippen molar-refractivity contribution in [1.29, 1.82) is 0 Å². The van der Waals surface area contributed by atoms with E-state index in [9.17, 15) is 4.79 Å². The predicted molar refractivity (Wildman–Crippen MR) is 99.2 cm³/mol. The Morgan fingerprint density at radius 3 is 2.56 bits per heavy atom. The summed E-state index contributed by atoms with van der Waals surface area (Å²) in [6, 6.07) is 15.9. The largest absolute Gasteiger partial charge is 0.355 e. The van der Waals surface area contributed by atoms with Crippen molar-refractivity contribution >= 4 is 39.0 Å². The Morgan fingerprint density at radius 2 is 1.76 bits per heavy atom. The molecule has 25 heavy (non-hydrogen) atoms. The molecule has 6 nitrogen and oxygen atoms in total. The summed E-state index contributed by atoms with van der Waals surface area (Å²) in [5, 5.41) is 3.86. The lowest BCUT2D eigenvalue weighted by molar-refractivity contribution is -0.121. The zero-order valence-electron chi connectivity index (χ0n) is 13.8. The van der Waals surface area contributed by atoms with Crippen molar-refractivity contribution in [2.24, 2.45) is 5.73 Å². The number of benzene rings is 2. The van der Waals surface area contributed by atoms with Crippen molar-refractivity contribution in [3.8, 4) is 0 Å². The molecule has 0 aliphatic rings. The summed E-state index contributed by atoms with van der Waals surface area (Å²) < 4.78 is 2.08. The smallest absolute Gasteiger partial charge is 0.221 e. The van der Waals surface area contributed by atoms with Crippen LogP contribution in [0.15, 0.2) is 48.5 Å². The van der Waals surface area contributed by atoms with Gasteiger partial charge in [0, 0.05) is 31.4 Å². The number of nitrogens with one attached hydrogen (secondary N) is 1. The fourth-order valence-electron chi connectivity index (χ4n) is 3.12. The van der Waals surface area contributed by atoms with Gasteiger partial charge in [0.2, 0.25) is 5.91 Å². The van der Waals surface area contributed by atoms with Gasteiger partial charge in [-0.2, -0.15) is 0 Å². The lowest BCUT2D eigenvalue weighted by Crippen LogP contribution is -2.29. The summed E-state index contributed by atoms with van der Waals surface area (Å²) >= 11 is 0. The molecule has 0 bridgehead atoms. The Morgan fingerprint density at radius 1 is 1.04 bits per heavy atom. The summed E-state index contributed by atoms with van der Waals surface area (Å²) in [5.41, 5.74) is 9.88. The second-order valence-corrected chi connectivity index (χ2v) is 5.94. The van der Waals surface area contributed by atoms with E-state index < -0.39 is 0 Å². The molecule has 0 unspecified atom stereocenters. The third-order valence-electron chi connectivity index (χ3n) is 4.29. The van der Waals surface area contributed by atoms with Crippen LogP contribution in [-0.2, 0) is 11.3 Å². The summed E-state index contributed by atoms with van der Waals surface area (Å²) in [6.45, 7) is 1.49. The first-order valence-electron chi connectivity index (χ1n) is 8.38. The van der Waals surface area contributed by atoms with Crippen LogP contribution in [0.4, 0.5) is 0 Å². The van der Waals surface area contributed by atoms with Gasteiger partial charge in [-0.15, -0.1) is 0 Å². The monoisotopic (exact) mass is 333 g/mol. The minimum Gasteiger partial charge on any atom is -0.355 e. The van der Waals surface area contributed by atoms with Gasteiger partial charge in [-0.3, -0.25) is 4.79 Å². The Bertz CT molecular complexity index is 1070. The maximum atomic E-state index is 12.0. The first kappa shape index (κ1) is 15.5. The number of carbonyl (C=O) groups excluding carboxylic acids is 1. The van der Waals surface area contributed by atoms with Crippen molar-refractivity contribution in [3.63, 3.8) is 0 Å². The zero-order valence-corrected chi connectivity index (χ0v) is 13.8. The lowest BCUT2D eigenvalue weighted by atomic mass is 10.2. The van der Waals surface area contributed by atoms with Crippen molar-refractivity contribution < 1.29 is 4.79 Å². The van der Waals surface area contributed by atoms with Gasteiger partial charge >= 0.3 is 0 Å². The standard InChI is InChI=1S/C19H19N5O/c20-10-11-21-17(25)9-12-24-16-8-4-1-5-13(16)18-19(24)23-15-7-3-2-6-14(15)22-18/h1-8H,9-12,20H2,(H,21,25). The predicted octanol–water partition coefficient (Wildman–Crippen LogP) is 2.20. The van der Waals surface area contributed by atoms with Crippen molar-refractivity contribution in [3.05, 3.63) is 48.5 Å². The van der Waals surface area contributed by atoms with Crippen LogP contribution in [0.2, 0.25) is 0 Å². The number of rotatable bonds is 5. The SMILES string of the molecule is NCCNC(=O)CCn1c2ccccc2c2nc3ccccc3nc21. The highest BCUT2D eigenvalue weighted by Gasteiger charge is 2.14. The van der Waals surface area contributed by atoms with Gasteiger partial charge in [0.05, 0.1) is 16.6 Å². The minimum atomic E-state index is -0.00914. The fraction of sp³-hybridized carbons (Fsp3) is 0.211. The van der Waals surface area contributed by atoms with E-state index >= 15 is 0 Å². The van der Waals surface area contributed by atoms with Gasteiger partial charge in [0.1, 0.15) is 5.52 Å². The van der Waals surface area contributed by atoms with Crippen LogP contribution in [0.5, 0.6) is 0 Å². The van der Waals surface area contributed by atoms with Gasteiger partial charge in [0.15, 0.2) is 5.65 Å². The maximum Gasteiger partial charge on any atom is 0.221 e. The molecule has 1 amide bonds. The molecule has 0 saturated heterocycles. The van der Waals surface area contributed by atoms with Gasteiger partial charge in [-0.25, -0.2) is 9.97 Å². The van der Waals surface area contributed by atoms with E-state index in [1.807, 2.05) is 48.5 Å². The number of aromatic nitrogens is 3. The normalized spacial score (nSPS) is 11.4. The number of nitrogens with zero attached hydrogens (tertiary/aromatic N) is 3. The van der Waals surface area contributed by atoms with E-state index in [0.29, 0.717) is 26.1 Å². The molecule has 6 heteroatoms.